The molecule has 2 amide bonds. The minimum absolute atomic E-state index is 0.0618. The number of hydrogen-bond donors (Lipinski definition) is 1. The van der Waals surface area contributed by atoms with Gasteiger partial charge in [0, 0.05) is 24.0 Å². The Labute approximate surface area is 184 Å². The molecule has 0 unspecified atom stereocenters. The number of rotatable bonds is 11. The van der Waals surface area contributed by atoms with Crippen LogP contribution in [0.25, 0.3) is 0 Å². The third-order valence-electron chi connectivity index (χ3n) is 4.98. The highest BCUT2D eigenvalue weighted by Gasteiger charge is 2.26. The van der Waals surface area contributed by atoms with Crippen LogP contribution in [0.2, 0.25) is 5.02 Å². The summed E-state index contributed by atoms with van der Waals surface area (Å²) in [5.74, 6) is 0.560. The van der Waals surface area contributed by atoms with E-state index in [1.807, 2.05) is 56.3 Å². The molecule has 0 saturated heterocycles. The number of para-hydroxylation sites is 1. The Balaban J connectivity index is 2.00. The van der Waals surface area contributed by atoms with Crippen molar-refractivity contribution in [3.63, 3.8) is 0 Å². The number of nitrogens with one attached hydrogen (secondary N) is 1. The van der Waals surface area contributed by atoms with Crippen molar-refractivity contribution < 1.29 is 14.3 Å². The fourth-order valence-electron chi connectivity index (χ4n) is 2.91. The van der Waals surface area contributed by atoms with Gasteiger partial charge in [-0.2, -0.15) is 0 Å². The van der Waals surface area contributed by atoms with Crippen LogP contribution < -0.4 is 10.1 Å². The van der Waals surface area contributed by atoms with E-state index < -0.39 is 6.04 Å². The van der Waals surface area contributed by atoms with Crippen molar-refractivity contribution in [2.75, 3.05) is 6.61 Å². The molecule has 0 aliphatic carbocycles. The summed E-state index contributed by atoms with van der Waals surface area (Å²) in [6.07, 6.45) is 1.71. The van der Waals surface area contributed by atoms with E-state index in [-0.39, 0.29) is 17.9 Å². The van der Waals surface area contributed by atoms with Gasteiger partial charge in [-0.3, -0.25) is 9.59 Å². The Hall–Kier alpha value is -2.53. The first-order chi connectivity index (χ1) is 14.4. The lowest BCUT2D eigenvalue weighted by molar-refractivity contribution is -0.141. The molecule has 0 saturated carbocycles. The maximum absolute atomic E-state index is 13.0. The van der Waals surface area contributed by atoms with Gasteiger partial charge in [-0.15, -0.1) is 0 Å². The minimum Gasteiger partial charge on any atom is -0.494 e. The largest absolute Gasteiger partial charge is 0.494 e. The quantitative estimate of drug-likeness (QED) is 0.519. The van der Waals surface area contributed by atoms with E-state index in [9.17, 15) is 9.59 Å². The van der Waals surface area contributed by atoms with Crippen molar-refractivity contribution >= 4 is 23.4 Å². The molecule has 0 aliphatic rings. The molecule has 0 heterocycles. The van der Waals surface area contributed by atoms with E-state index in [1.54, 1.807) is 24.0 Å². The third-order valence-corrected chi connectivity index (χ3v) is 5.23. The molecule has 30 heavy (non-hydrogen) atoms. The maximum atomic E-state index is 13.0. The predicted molar refractivity (Wildman–Crippen MR) is 121 cm³/mol. The molecule has 162 valence electrons. The summed E-state index contributed by atoms with van der Waals surface area (Å²) in [6.45, 7) is 6.53. The molecule has 0 bridgehead atoms. The SMILES string of the molecule is CC[C@H](C)NC(=O)[C@@H](C)N(Cc1ccc(Cl)cc1)C(=O)CCCOc1ccccc1. The van der Waals surface area contributed by atoms with Gasteiger partial charge < -0.3 is 15.0 Å². The van der Waals surface area contributed by atoms with Crippen molar-refractivity contribution in [3.8, 4) is 5.75 Å². The second-order valence-corrected chi connectivity index (χ2v) is 7.84. The monoisotopic (exact) mass is 430 g/mol. The zero-order valence-electron chi connectivity index (χ0n) is 17.9. The Kier molecular flexibility index (Phi) is 9.68. The zero-order valence-corrected chi connectivity index (χ0v) is 18.7. The highest BCUT2D eigenvalue weighted by atomic mass is 35.5. The molecule has 0 aliphatic heterocycles. The number of ether oxygens (including phenoxy) is 1. The average Bonchev–Trinajstić information content (AvgIpc) is 2.76. The summed E-state index contributed by atoms with van der Waals surface area (Å²) in [5.41, 5.74) is 0.927. The number of benzene rings is 2. The Morgan fingerprint density at radius 2 is 1.73 bits per heavy atom. The van der Waals surface area contributed by atoms with Gasteiger partial charge in [0.05, 0.1) is 6.61 Å². The van der Waals surface area contributed by atoms with Crippen molar-refractivity contribution in [1.82, 2.24) is 10.2 Å². The van der Waals surface area contributed by atoms with Crippen molar-refractivity contribution in [2.24, 2.45) is 0 Å². The molecule has 2 aromatic carbocycles. The summed E-state index contributed by atoms with van der Waals surface area (Å²) in [7, 11) is 0. The number of carbonyl (C=O) groups is 2. The lowest BCUT2D eigenvalue weighted by atomic mass is 10.1. The van der Waals surface area contributed by atoms with Crippen molar-refractivity contribution in [2.45, 2.75) is 58.7 Å². The van der Waals surface area contributed by atoms with E-state index in [0.29, 0.717) is 31.0 Å². The van der Waals surface area contributed by atoms with Crippen LogP contribution in [0.5, 0.6) is 5.75 Å². The van der Waals surface area contributed by atoms with Crippen LogP contribution >= 0.6 is 11.6 Å². The predicted octanol–water partition coefficient (Wildman–Crippen LogP) is 4.83. The first-order valence-corrected chi connectivity index (χ1v) is 10.8. The second kappa shape index (κ2) is 12.2. The van der Waals surface area contributed by atoms with Crippen LogP contribution in [-0.4, -0.2) is 35.4 Å². The number of amides is 2. The molecule has 2 atom stereocenters. The summed E-state index contributed by atoms with van der Waals surface area (Å²) in [6, 6.07) is 16.3. The molecule has 1 N–H and O–H groups in total. The van der Waals surface area contributed by atoms with Gasteiger partial charge in [-0.25, -0.2) is 0 Å². The lowest BCUT2D eigenvalue weighted by Gasteiger charge is -2.29. The van der Waals surface area contributed by atoms with E-state index >= 15 is 0 Å². The summed E-state index contributed by atoms with van der Waals surface area (Å²) >= 11 is 5.97. The van der Waals surface area contributed by atoms with Crippen LogP contribution in [0.15, 0.2) is 54.6 Å². The molecule has 0 aromatic heterocycles. The molecule has 0 radical (unpaired) electrons. The third kappa shape index (κ3) is 7.71. The summed E-state index contributed by atoms with van der Waals surface area (Å²) in [4.78, 5) is 27.3. The number of nitrogens with zero attached hydrogens (tertiary/aromatic N) is 1. The molecule has 0 fully saturated rings. The number of hydrogen-bond acceptors (Lipinski definition) is 3. The maximum Gasteiger partial charge on any atom is 0.242 e. The Bertz CT molecular complexity index is 796. The van der Waals surface area contributed by atoms with Crippen LogP contribution in [0.3, 0.4) is 0 Å². The smallest absolute Gasteiger partial charge is 0.242 e. The van der Waals surface area contributed by atoms with E-state index in [2.05, 4.69) is 5.32 Å². The van der Waals surface area contributed by atoms with Gasteiger partial charge in [0.2, 0.25) is 11.8 Å². The van der Waals surface area contributed by atoms with Gasteiger partial charge in [-0.05, 0) is 56.5 Å². The van der Waals surface area contributed by atoms with E-state index in [0.717, 1.165) is 17.7 Å². The minimum atomic E-state index is -0.572. The fraction of sp³-hybridized carbons (Fsp3) is 0.417. The molecule has 2 rings (SSSR count). The van der Waals surface area contributed by atoms with E-state index in [4.69, 9.17) is 16.3 Å². The van der Waals surface area contributed by atoms with Gasteiger partial charge in [-0.1, -0.05) is 48.9 Å². The lowest BCUT2D eigenvalue weighted by Crippen LogP contribution is -2.49. The molecule has 6 heteroatoms. The zero-order chi connectivity index (χ0) is 21.9. The first-order valence-electron chi connectivity index (χ1n) is 10.4. The molecule has 2 aromatic rings. The topological polar surface area (TPSA) is 58.6 Å². The summed E-state index contributed by atoms with van der Waals surface area (Å²) < 4.78 is 5.68. The van der Waals surface area contributed by atoms with Crippen LogP contribution in [0.4, 0.5) is 0 Å². The number of carbonyl (C=O) groups excluding carboxylic acids is 2. The van der Waals surface area contributed by atoms with Gasteiger partial charge >= 0.3 is 0 Å². The normalized spacial score (nSPS) is 12.7. The Morgan fingerprint density at radius 1 is 1.07 bits per heavy atom. The highest BCUT2D eigenvalue weighted by molar-refractivity contribution is 6.30. The number of halogens is 1. The highest BCUT2D eigenvalue weighted by Crippen LogP contribution is 2.16. The van der Waals surface area contributed by atoms with Gasteiger partial charge in [0.25, 0.3) is 0 Å². The molecular weight excluding hydrogens is 400 g/mol. The first kappa shape index (κ1) is 23.7. The van der Waals surface area contributed by atoms with Gasteiger partial charge in [0.15, 0.2) is 0 Å². The van der Waals surface area contributed by atoms with Crippen molar-refractivity contribution in [3.05, 3.63) is 65.2 Å². The summed E-state index contributed by atoms with van der Waals surface area (Å²) in [5, 5.41) is 3.61. The molecular formula is C24H31ClN2O3. The van der Waals surface area contributed by atoms with E-state index in [1.165, 1.54) is 0 Å². The van der Waals surface area contributed by atoms with Crippen LogP contribution in [0, 0.1) is 0 Å². The van der Waals surface area contributed by atoms with Gasteiger partial charge in [0.1, 0.15) is 11.8 Å². The second-order valence-electron chi connectivity index (χ2n) is 7.41. The molecule has 0 spiro atoms. The van der Waals surface area contributed by atoms with Crippen LogP contribution in [-0.2, 0) is 16.1 Å². The van der Waals surface area contributed by atoms with Crippen molar-refractivity contribution in [1.29, 1.82) is 0 Å². The fourth-order valence-corrected chi connectivity index (χ4v) is 3.03. The Morgan fingerprint density at radius 3 is 2.37 bits per heavy atom. The average molecular weight is 431 g/mol. The van der Waals surface area contributed by atoms with Crippen LogP contribution in [0.1, 0.15) is 45.6 Å². The standard InChI is InChI=1S/C24H31ClN2O3/c1-4-18(2)26-24(29)19(3)27(17-20-12-14-21(25)15-13-20)23(28)11-8-16-30-22-9-6-5-7-10-22/h5-7,9-10,12-15,18-19H,4,8,11,16-17H2,1-3H3,(H,26,29)/t18-,19+/m0/s1. The molecule has 5 nitrogen and oxygen atoms in total.